The molecule has 0 bridgehead atoms. The second-order valence-electron chi connectivity index (χ2n) is 4.53. The summed E-state index contributed by atoms with van der Waals surface area (Å²) in [5, 5.41) is 3.57. The van der Waals surface area contributed by atoms with Crippen molar-refractivity contribution in [2.75, 3.05) is 0 Å². The van der Waals surface area contributed by atoms with Crippen LogP contribution in [-0.2, 0) is 0 Å². The van der Waals surface area contributed by atoms with Gasteiger partial charge < -0.3 is 0 Å². The van der Waals surface area contributed by atoms with Crippen LogP contribution in [0.3, 0.4) is 0 Å². The maximum atomic E-state index is 3.86. The van der Waals surface area contributed by atoms with Crippen LogP contribution in [0.15, 0.2) is 52.3 Å². The van der Waals surface area contributed by atoms with Crippen LogP contribution in [-0.4, -0.2) is 0 Å². The van der Waals surface area contributed by atoms with Crippen LogP contribution in [0.4, 0.5) is 0 Å². The molecule has 0 aliphatic heterocycles. The van der Waals surface area contributed by atoms with Crippen molar-refractivity contribution >= 4 is 53.3 Å². The van der Waals surface area contributed by atoms with E-state index in [9.17, 15) is 0 Å². The predicted molar refractivity (Wildman–Crippen MR) is 91.5 cm³/mol. The van der Waals surface area contributed by atoms with Crippen LogP contribution in [0.25, 0.3) is 10.1 Å². The lowest BCUT2D eigenvalue weighted by atomic mass is 10.0. The summed E-state index contributed by atoms with van der Waals surface area (Å²) in [6.07, 6.45) is 0. The SMILES string of the molecule is Cc1ccccc1C(Br)c1csc2c(Br)cccc12. The first-order valence-corrected chi connectivity index (χ1v) is 8.62. The third-order valence-corrected chi connectivity index (χ3v) is 6.27. The second kappa shape index (κ2) is 5.39. The molecule has 0 saturated heterocycles. The molecular weight excluding hydrogens is 384 g/mol. The Bertz CT molecular complexity index is 730. The van der Waals surface area contributed by atoms with E-state index < -0.39 is 0 Å². The molecule has 1 unspecified atom stereocenters. The Balaban J connectivity index is 2.15. The Morgan fingerprint density at radius 2 is 1.79 bits per heavy atom. The Kier molecular flexibility index (Phi) is 3.79. The fraction of sp³-hybridized carbons (Fsp3) is 0.125. The lowest BCUT2D eigenvalue weighted by Gasteiger charge is -2.12. The number of thiophene rings is 1. The van der Waals surface area contributed by atoms with Gasteiger partial charge in [0.15, 0.2) is 0 Å². The van der Waals surface area contributed by atoms with E-state index in [0.29, 0.717) is 0 Å². The minimum Gasteiger partial charge on any atom is -0.142 e. The largest absolute Gasteiger partial charge is 0.142 e. The average Bonchev–Trinajstić information content (AvgIpc) is 2.84. The molecule has 2 aromatic carbocycles. The Morgan fingerprint density at radius 1 is 1.00 bits per heavy atom. The van der Waals surface area contributed by atoms with Crippen molar-refractivity contribution in [3.63, 3.8) is 0 Å². The number of rotatable bonds is 2. The lowest BCUT2D eigenvalue weighted by molar-refractivity contribution is 1.17. The number of hydrogen-bond acceptors (Lipinski definition) is 1. The number of benzene rings is 2. The molecule has 0 amide bonds. The highest BCUT2D eigenvalue weighted by atomic mass is 79.9. The van der Waals surface area contributed by atoms with Gasteiger partial charge in [0.25, 0.3) is 0 Å². The van der Waals surface area contributed by atoms with Crippen molar-refractivity contribution in [1.82, 2.24) is 0 Å². The lowest BCUT2D eigenvalue weighted by Crippen LogP contribution is -1.94. The van der Waals surface area contributed by atoms with Crippen molar-refractivity contribution in [3.05, 3.63) is 69.0 Å². The van der Waals surface area contributed by atoms with Gasteiger partial charge in [0.2, 0.25) is 0 Å². The smallest absolute Gasteiger partial charge is 0.0661 e. The zero-order valence-electron chi connectivity index (χ0n) is 10.4. The highest BCUT2D eigenvalue weighted by molar-refractivity contribution is 9.10. The third-order valence-electron chi connectivity index (χ3n) is 3.32. The molecule has 0 N–H and O–H groups in total. The van der Waals surface area contributed by atoms with Crippen LogP contribution >= 0.6 is 43.2 Å². The van der Waals surface area contributed by atoms with Crippen LogP contribution in [0.1, 0.15) is 21.5 Å². The normalized spacial score (nSPS) is 12.8. The van der Waals surface area contributed by atoms with E-state index in [4.69, 9.17) is 0 Å². The maximum absolute atomic E-state index is 3.86. The van der Waals surface area contributed by atoms with E-state index in [2.05, 4.69) is 86.6 Å². The molecule has 3 aromatic rings. The first kappa shape index (κ1) is 13.3. The van der Waals surface area contributed by atoms with Gasteiger partial charge in [-0.15, -0.1) is 11.3 Å². The van der Waals surface area contributed by atoms with Gasteiger partial charge >= 0.3 is 0 Å². The number of alkyl halides is 1. The Morgan fingerprint density at radius 3 is 2.58 bits per heavy atom. The summed E-state index contributed by atoms with van der Waals surface area (Å²) in [6, 6.07) is 14.9. The molecule has 1 atom stereocenters. The van der Waals surface area contributed by atoms with Gasteiger partial charge in [-0.25, -0.2) is 0 Å². The van der Waals surface area contributed by atoms with Crippen molar-refractivity contribution in [3.8, 4) is 0 Å². The topological polar surface area (TPSA) is 0 Å². The van der Waals surface area contributed by atoms with Gasteiger partial charge in [0.1, 0.15) is 0 Å². The van der Waals surface area contributed by atoms with Crippen molar-refractivity contribution in [2.45, 2.75) is 11.8 Å². The predicted octanol–water partition coefficient (Wildman–Crippen LogP) is 6.46. The van der Waals surface area contributed by atoms with Crippen molar-refractivity contribution in [1.29, 1.82) is 0 Å². The molecule has 3 rings (SSSR count). The molecule has 0 radical (unpaired) electrons. The summed E-state index contributed by atoms with van der Waals surface area (Å²) in [6.45, 7) is 2.16. The van der Waals surface area contributed by atoms with E-state index in [1.807, 2.05) is 0 Å². The van der Waals surface area contributed by atoms with E-state index in [0.717, 1.165) is 0 Å². The molecule has 0 saturated carbocycles. The molecule has 96 valence electrons. The standard InChI is InChI=1S/C16H12Br2S/c1-10-5-2-3-6-11(10)15(18)13-9-19-16-12(13)7-4-8-14(16)17/h2-9,15H,1H3. The quantitative estimate of drug-likeness (QED) is 0.437. The van der Waals surface area contributed by atoms with Gasteiger partial charge in [0.05, 0.1) is 4.83 Å². The van der Waals surface area contributed by atoms with Crippen molar-refractivity contribution < 1.29 is 0 Å². The molecule has 1 aromatic heterocycles. The monoisotopic (exact) mass is 394 g/mol. The molecule has 0 aliphatic rings. The highest BCUT2D eigenvalue weighted by Crippen LogP contribution is 2.41. The first-order valence-electron chi connectivity index (χ1n) is 6.03. The number of aryl methyl sites for hydroxylation is 1. The van der Waals surface area contributed by atoms with E-state index in [1.54, 1.807) is 11.3 Å². The van der Waals surface area contributed by atoms with E-state index in [-0.39, 0.29) is 4.83 Å². The fourth-order valence-corrected chi connectivity index (χ4v) is 4.99. The maximum Gasteiger partial charge on any atom is 0.0661 e. The van der Waals surface area contributed by atoms with Gasteiger partial charge in [0, 0.05) is 9.17 Å². The molecule has 3 heteroatoms. The summed E-state index contributed by atoms with van der Waals surface area (Å²) < 4.78 is 2.49. The van der Waals surface area contributed by atoms with Crippen LogP contribution in [0.5, 0.6) is 0 Å². The Hall–Kier alpha value is -0.640. The molecular formula is C16H12Br2S. The van der Waals surface area contributed by atoms with Gasteiger partial charge in [-0.2, -0.15) is 0 Å². The molecule has 0 nitrogen and oxygen atoms in total. The number of halogens is 2. The first-order chi connectivity index (χ1) is 9.18. The zero-order chi connectivity index (χ0) is 13.4. The van der Waals surface area contributed by atoms with E-state index >= 15 is 0 Å². The third kappa shape index (κ3) is 2.39. The summed E-state index contributed by atoms with van der Waals surface area (Å²) in [4.78, 5) is 0.247. The van der Waals surface area contributed by atoms with Gasteiger partial charge in [-0.05, 0) is 56.4 Å². The Labute approximate surface area is 133 Å². The zero-order valence-corrected chi connectivity index (χ0v) is 14.3. The van der Waals surface area contributed by atoms with Crippen LogP contribution in [0.2, 0.25) is 0 Å². The van der Waals surface area contributed by atoms with Gasteiger partial charge in [-0.1, -0.05) is 52.3 Å². The van der Waals surface area contributed by atoms with Gasteiger partial charge in [-0.3, -0.25) is 0 Å². The number of fused-ring (bicyclic) bond motifs is 1. The molecule has 1 heterocycles. The van der Waals surface area contributed by atoms with Crippen molar-refractivity contribution in [2.24, 2.45) is 0 Å². The summed E-state index contributed by atoms with van der Waals surface area (Å²) in [5.74, 6) is 0. The minimum absolute atomic E-state index is 0.247. The number of hydrogen-bond donors (Lipinski definition) is 0. The summed E-state index contributed by atoms with van der Waals surface area (Å²) >= 11 is 9.28. The molecule has 0 fully saturated rings. The highest BCUT2D eigenvalue weighted by Gasteiger charge is 2.17. The molecule has 0 spiro atoms. The summed E-state index contributed by atoms with van der Waals surface area (Å²) in [5.41, 5.74) is 4.00. The van der Waals surface area contributed by atoms with E-state index in [1.165, 1.54) is 31.2 Å². The molecule has 19 heavy (non-hydrogen) atoms. The minimum atomic E-state index is 0.247. The van der Waals surface area contributed by atoms with Crippen LogP contribution < -0.4 is 0 Å². The fourth-order valence-electron chi connectivity index (χ4n) is 2.28. The molecule has 0 aliphatic carbocycles. The average molecular weight is 396 g/mol. The second-order valence-corrected chi connectivity index (χ2v) is 7.18. The van der Waals surface area contributed by atoms with Crippen LogP contribution in [0, 0.1) is 6.92 Å². The summed E-state index contributed by atoms with van der Waals surface area (Å²) in [7, 11) is 0.